The second kappa shape index (κ2) is 4.41. The van der Waals surface area contributed by atoms with Crippen molar-refractivity contribution in [2.24, 2.45) is 0 Å². The minimum absolute atomic E-state index is 0.234. The molecular formula is C9H12N4O4S. The second-order valence-electron chi connectivity index (χ2n) is 3.94. The molecule has 0 saturated carbocycles. The fourth-order valence-electron chi connectivity index (χ4n) is 1.58. The predicted molar refractivity (Wildman–Crippen MR) is 65.7 cm³/mol. The van der Waals surface area contributed by atoms with Gasteiger partial charge in [0.15, 0.2) is 0 Å². The highest BCUT2D eigenvalue weighted by molar-refractivity contribution is 8.01. The zero-order valence-electron chi connectivity index (χ0n) is 9.68. The lowest BCUT2D eigenvalue weighted by molar-refractivity contribution is -0.134. The van der Waals surface area contributed by atoms with E-state index in [9.17, 15) is 13.8 Å². The van der Waals surface area contributed by atoms with E-state index in [1.807, 2.05) is 0 Å². The van der Waals surface area contributed by atoms with Gasteiger partial charge in [0.1, 0.15) is 0 Å². The van der Waals surface area contributed by atoms with Crippen molar-refractivity contribution < 1.29 is 13.7 Å². The Labute approximate surface area is 103 Å². The number of aromatic nitrogens is 4. The number of carbonyl (C=O) groups is 1. The zero-order chi connectivity index (χ0) is 13.3. The molecule has 1 saturated heterocycles. The molecule has 8 nitrogen and oxygen atoms in total. The lowest BCUT2D eigenvalue weighted by Gasteiger charge is -2.28. The fraction of sp³-hybridized carbons (Fsp3) is 0.444. The van der Waals surface area contributed by atoms with Gasteiger partial charge in [-0.2, -0.15) is 9.36 Å². The summed E-state index contributed by atoms with van der Waals surface area (Å²) in [5.41, 5.74) is -0.491. The van der Waals surface area contributed by atoms with Crippen LogP contribution in [0, 0.1) is 0 Å². The SMILES string of the molecule is C=S1(=O)CC(n2nnn(/C=C\C(=O)OC)c2=O)C1. The third-order valence-corrected chi connectivity index (χ3v) is 4.50. The Kier molecular flexibility index (Phi) is 3.07. The molecular weight excluding hydrogens is 260 g/mol. The Morgan fingerprint density at radius 1 is 1.56 bits per heavy atom. The smallest absolute Gasteiger partial charge is 0.368 e. The Bertz CT molecular complexity index is 642. The number of rotatable bonds is 3. The van der Waals surface area contributed by atoms with Crippen LogP contribution in [0.1, 0.15) is 6.04 Å². The molecule has 1 aromatic heterocycles. The van der Waals surface area contributed by atoms with Crippen LogP contribution in [-0.4, -0.2) is 54.5 Å². The van der Waals surface area contributed by atoms with Crippen LogP contribution in [0.25, 0.3) is 6.20 Å². The van der Waals surface area contributed by atoms with Crippen molar-refractivity contribution in [2.75, 3.05) is 18.6 Å². The first-order valence-corrected chi connectivity index (χ1v) is 7.12. The van der Waals surface area contributed by atoms with Crippen molar-refractivity contribution in [2.45, 2.75) is 6.04 Å². The van der Waals surface area contributed by atoms with Gasteiger partial charge >= 0.3 is 11.7 Å². The van der Waals surface area contributed by atoms with Crippen LogP contribution >= 0.6 is 0 Å². The number of carbonyl (C=O) groups excluding carboxylic acids is 1. The Morgan fingerprint density at radius 3 is 2.78 bits per heavy atom. The minimum Gasteiger partial charge on any atom is -0.466 e. The fourth-order valence-corrected chi connectivity index (χ4v) is 3.17. The molecule has 0 radical (unpaired) electrons. The highest BCUT2D eigenvalue weighted by Crippen LogP contribution is 2.20. The van der Waals surface area contributed by atoms with Gasteiger partial charge in [-0.15, -0.1) is 0 Å². The molecule has 98 valence electrons. The summed E-state index contributed by atoms with van der Waals surface area (Å²) in [7, 11) is -0.817. The second-order valence-corrected chi connectivity index (χ2v) is 6.54. The molecule has 0 N–H and O–H groups in total. The van der Waals surface area contributed by atoms with Gasteiger partial charge in [0, 0.05) is 23.8 Å². The van der Waals surface area contributed by atoms with Crippen LogP contribution in [0.4, 0.5) is 0 Å². The van der Waals surface area contributed by atoms with Gasteiger partial charge < -0.3 is 4.74 Å². The van der Waals surface area contributed by atoms with Crippen molar-refractivity contribution in [1.29, 1.82) is 0 Å². The number of hydrogen-bond donors (Lipinski definition) is 0. The largest absolute Gasteiger partial charge is 0.466 e. The number of tetrazole rings is 1. The van der Waals surface area contributed by atoms with E-state index in [1.165, 1.54) is 7.11 Å². The maximum atomic E-state index is 11.8. The van der Waals surface area contributed by atoms with Gasteiger partial charge in [0.2, 0.25) is 0 Å². The lowest BCUT2D eigenvalue weighted by atomic mass is 10.4. The molecule has 1 aliphatic rings. The van der Waals surface area contributed by atoms with Gasteiger partial charge in [-0.3, -0.25) is 4.21 Å². The van der Waals surface area contributed by atoms with Crippen molar-refractivity contribution in [3.8, 4) is 0 Å². The van der Waals surface area contributed by atoms with Crippen molar-refractivity contribution >= 4 is 27.6 Å². The van der Waals surface area contributed by atoms with Crippen LogP contribution in [0.2, 0.25) is 0 Å². The molecule has 9 heteroatoms. The molecule has 0 aliphatic carbocycles. The third-order valence-electron chi connectivity index (χ3n) is 2.52. The molecule has 0 atom stereocenters. The van der Waals surface area contributed by atoms with E-state index < -0.39 is 21.2 Å². The van der Waals surface area contributed by atoms with Crippen molar-refractivity contribution in [3.05, 3.63) is 16.6 Å². The van der Waals surface area contributed by atoms with Crippen molar-refractivity contribution in [1.82, 2.24) is 19.8 Å². The summed E-state index contributed by atoms with van der Waals surface area (Å²) in [6.07, 6.45) is 2.23. The van der Waals surface area contributed by atoms with E-state index in [-0.39, 0.29) is 6.04 Å². The monoisotopic (exact) mass is 272 g/mol. The van der Waals surface area contributed by atoms with Crippen LogP contribution in [-0.2, 0) is 19.1 Å². The molecule has 1 aromatic rings. The molecule has 1 aliphatic heterocycles. The first-order chi connectivity index (χ1) is 8.43. The van der Waals surface area contributed by atoms with E-state index in [4.69, 9.17) is 0 Å². The van der Waals surface area contributed by atoms with Crippen LogP contribution in [0.15, 0.2) is 10.9 Å². The molecule has 0 bridgehead atoms. The first-order valence-electron chi connectivity index (χ1n) is 5.06. The summed E-state index contributed by atoms with van der Waals surface area (Å²) in [4.78, 5) is 22.7. The summed E-state index contributed by atoms with van der Waals surface area (Å²) in [5.74, 6) is 3.60. The third kappa shape index (κ3) is 2.35. The molecule has 2 heterocycles. The quantitative estimate of drug-likeness (QED) is 0.372. The molecule has 2 rings (SSSR count). The first kappa shape index (κ1) is 12.6. The number of ether oxygens (including phenoxy) is 1. The summed E-state index contributed by atoms with van der Waals surface area (Å²) in [6.45, 7) is 0. The Balaban J connectivity index is 2.18. The van der Waals surface area contributed by atoms with Gasteiger partial charge in [0.25, 0.3) is 0 Å². The van der Waals surface area contributed by atoms with Gasteiger partial charge in [0.05, 0.1) is 13.2 Å². The number of esters is 1. The predicted octanol–water partition coefficient (Wildman–Crippen LogP) is -1.65. The minimum atomic E-state index is -2.04. The maximum absolute atomic E-state index is 11.8. The van der Waals surface area contributed by atoms with Crippen LogP contribution in [0.5, 0.6) is 0 Å². The van der Waals surface area contributed by atoms with E-state index >= 15 is 0 Å². The van der Waals surface area contributed by atoms with E-state index in [0.717, 1.165) is 21.6 Å². The summed E-state index contributed by atoms with van der Waals surface area (Å²) < 4.78 is 17.9. The topological polar surface area (TPSA) is 96.1 Å². The number of hydrogen-bond acceptors (Lipinski definition) is 6. The highest BCUT2D eigenvalue weighted by Gasteiger charge is 2.32. The molecule has 18 heavy (non-hydrogen) atoms. The zero-order valence-corrected chi connectivity index (χ0v) is 10.5. The van der Waals surface area contributed by atoms with Gasteiger partial charge in [-0.1, -0.05) is 0 Å². The number of nitrogens with zero attached hydrogens (tertiary/aromatic N) is 4. The maximum Gasteiger partial charge on any atom is 0.368 e. The van der Waals surface area contributed by atoms with Gasteiger partial charge in [-0.05, 0) is 25.8 Å². The van der Waals surface area contributed by atoms with E-state index in [2.05, 4.69) is 21.0 Å². The van der Waals surface area contributed by atoms with E-state index in [0.29, 0.717) is 11.5 Å². The van der Waals surface area contributed by atoms with Gasteiger partial charge in [-0.25, -0.2) is 9.59 Å². The van der Waals surface area contributed by atoms with Crippen molar-refractivity contribution in [3.63, 3.8) is 0 Å². The standard InChI is InChI=1S/C9H12N4O4S/c1-17-8(14)3-4-12-9(15)13(11-10-12)7-5-18(2,16)6-7/h3-4,7H,2,5-6H2,1H3/b4-3-. The van der Waals surface area contributed by atoms with Crippen LogP contribution < -0.4 is 5.69 Å². The molecule has 0 amide bonds. The molecule has 1 fully saturated rings. The molecule has 0 aromatic carbocycles. The molecule has 0 unspecified atom stereocenters. The van der Waals surface area contributed by atoms with Crippen LogP contribution in [0.3, 0.4) is 0 Å². The lowest BCUT2D eigenvalue weighted by Crippen LogP contribution is -2.43. The summed E-state index contributed by atoms with van der Waals surface area (Å²) in [6, 6.07) is -0.234. The number of methoxy groups -OCH3 is 1. The highest BCUT2D eigenvalue weighted by atomic mass is 32.2. The Morgan fingerprint density at radius 2 is 2.22 bits per heavy atom. The van der Waals surface area contributed by atoms with E-state index in [1.54, 1.807) is 0 Å². The average molecular weight is 272 g/mol. The average Bonchev–Trinajstić information content (AvgIpc) is 2.64. The Hall–Kier alpha value is -1.90. The summed E-state index contributed by atoms with van der Waals surface area (Å²) in [5, 5.41) is 7.25. The normalized spacial score (nSPS) is 27.1. The summed E-state index contributed by atoms with van der Waals surface area (Å²) >= 11 is 0. The molecule has 0 spiro atoms.